The molecule has 1 aliphatic rings. The van der Waals surface area contributed by atoms with Crippen LogP contribution in [0.25, 0.3) is 0 Å². The predicted molar refractivity (Wildman–Crippen MR) is 61.3 cm³/mol. The molecule has 1 aromatic carbocycles. The molecule has 3 heteroatoms. The molecule has 0 aromatic heterocycles. The van der Waals surface area contributed by atoms with Gasteiger partial charge in [0, 0.05) is 5.56 Å². The van der Waals surface area contributed by atoms with Gasteiger partial charge in [-0.25, -0.2) is 5.84 Å². The molecule has 1 amide bonds. The fraction of sp³-hybridized carbons (Fsp3) is 0.417. The Labute approximate surface area is 90.9 Å². The number of hydrogen-bond acceptors (Lipinski definition) is 2. The molecule has 1 aromatic rings. The summed E-state index contributed by atoms with van der Waals surface area (Å²) in [6.45, 7) is 7.90. The number of carbonyl (C=O) groups excluding carboxylic acids is 1. The minimum absolute atomic E-state index is 0.00287. The summed E-state index contributed by atoms with van der Waals surface area (Å²) in [6.07, 6.45) is 0. The highest BCUT2D eigenvalue weighted by molar-refractivity contribution is 5.98. The van der Waals surface area contributed by atoms with E-state index in [4.69, 9.17) is 5.84 Å². The van der Waals surface area contributed by atoms with Crippen LogP contribution < -0.4 is 5.84 Å². The van der Waals surface area contributed by atoms with Crippen molar-refractivity contribution < 1.29 is 4.79 Å². The third-order valence-corrected chi connectivity index (χ3v) is 2.54. The number of carbonyl (C=O) groups is 1. The molecule has 0 bridgehead atoms. The van der Waals surface area contributed by atoms with Crippen LogP contribution in [0.3, 0.4) is 0 Å². The third kappa shape index (κ3) is 1.88. The summed E-state index contributed by atoms with van der Waals surface area (Å²) in [5.74, 6) is 5.53. The largest absolute Gasteiger partial charge is 0.269 e. The van der Waals surface area contributed by atoms with E-state index in [-0.39, 0.29) is 11.9 Å². The van der Waals surface area contributed by atoms with Gasteiger partial charge in [0.1, 0.15) is 0 Å². The number of benzene rings is 1. The Morgan fingerprint density at radius 3 is 2.53 bits per heavy atom. The summed E-state index contributed by atoms with van der Waals surface area (Å²) in [6, 6.07) is 5.87. The molecule has 0 saturated carbocycles. The number of rotatable bonds is 0. The summed E-state index contributed by atoms with van der Waals surface area (Å²) in [5, 5.41) is 1.28. The highest BCUT2D eigenvalue weighted by atomic mass is 16.2. The maximum atomic E-state index is 11.6. The molecule has 1 heterocycles. The molecule has 15 heavy (non-hydrogen) atoms. The predicted octanol–water partition coefficient (Wildman–Crippen LogP) is 2.41. The zero-order valence-electron chi connectivity index (χ0n) is 9.74. The summed E-state index contributed by atoms with van der Waals surface area (Å²) >= 11 is 0. The van der Waals surface area contributed by atoms with E-state index >= 15 is 0 Å². The fourth-order valence-electron chi connectivity index (χ4n) is 1.68. The monoisotopic (exact) mass is 206 g/mol. The minimum atomic E-state index is -0.0776. The third-order valence-electron chi connectivity index (χ3n) is 2.54. The van der Waals surface area contributed by atoms with E-state index in [1.54, 1.807) is 0 Å². The van der Waals surface area contributed by atoms with Gasteiger partial charge >= 0.3 is 0 Å². The first-order valence-electron chi connectivity index (χ1n) is 5.30. The van der Waals surface area contributed by atoms with Crippen LogP contribution in [0.5, 0.6) is 0 Å². The Kier molecular flexibility index (Phi) is 3.48. The average molecular weight is 206 g/mol. The molecule has 3 nitrogen and oxygen atoms in total. The number of fused-ring (bicyclic) bond motifs is 1. The first kappa shape index (κ1) is 11.7. The van der Waals surface area contributed by atoms with Crippen molar-refractivity contribution in [2.24, 2.45) is 5.84 Å². The number of hydrogen-bond donors (Lipinski definition) is 1. The lowest BCUT2D eigenvalue weighted by Gasteiger charge is -2.14. The topological polar surface area (TPSA) is 46.3 Å². The molecule has 82 valence electrons. The number of aryl methyl sites for hydroxylation is 1. The Morgan fingerprint density at radius 2 is 1.93 bits per heavy atom. The van der Waals surface area contributed by atoms with Gasteiger partial charge in [0.15, 0.2) is 0 Å². The molecule has 0 radical (unpaired) electrons. The van der Waals surface area contributed by atoms with Gasteiger partial charge in [0.2, 0.25) is 0 Å². The molecular weight excluding hydrogens is 188 g/mol. The lowest BCUT2D eigenvalue weighted by Crippen LogP contribution is -2.33. The van der Waals surface area contributed by atoms with Gasteiger partial charge in [-0.15, -0.1) is 0 Å². The van der Waals surface area contributed by atoms with Crippen LogP contribution in [0.4, 0.5) is 0 Å². The highest BCUT2D eigenvalue weighted by Gasteiger charge is 2.31. The second kappa shape index (κ2) is 4.45. The molecular formula is C12H18N2O. The second-order valence-electron chi connectivity index (χ2n) is 3.48. The van der Waals surface area contributed by atoms with Crippen LogP contribution in [0.1, 0.15) is 48.3 Å². The Balaban J connectivity index is 0.000000531. The van der Waals surface area contributed by atoms with Gasteiger partial charge in [-0.2, -0.15) is 0 Å². The molecule has 0 saturated heterocycles. The first-order valence-corrected chi connectivity index (χ1v) is 5.30. The van der Waals surface area contributed by atoms with Gasteiger partial charge in [-0.05, 0) is 25.5 Å². The van der Waals surface area contributed by atoms with E-state index in [0.29, 0.717) is 0 Å². The van der Waals surface area contributed by atoms with Gasteiger partial charge in [-0.1, -0.05) is 31.5 Å². The van der Waals surface area contributed by atoms with Crippen LogP contribution in [-0.4, -0.2) is 10.9 Å². The standard InChI is InChI=1S/C10H12N2O.C2H6/c1-6-3-4-8-7(2)12(11)10(13)9(8)5-6;1-2/h3-5,7H,11H2,1-2H3;1-2H3. The number of amides is 1. The molecule has 0 aliphatic carbocycles. The molecule has 1 aliphatic heterocycles. The van der Waals surface area contributed by atoms with E-state index in [2.05, 4.69) is 0 Å². The van der Waals surface area contributed by atoms with Crippen molar-refractivity contribution in [3.05, 3.63) is 34.9 Å². The Bertz CT molecular complexity index is 374. The molecule has 2 N–H and O–H groups in total. The van der Waals surface area contributed by atoms with Crippen LogP contribution in [0.15, 0.2) is 18.2 Å². The van der Waals surface area contributed by atoms with Crippen molar-refractivity contribution in [1.82, 2.24) is 5.01 Å². The van der Waals surface area contributed by atoms with E-state index in [9.17, 15) is 4.79 Å². The normalized spacial score (nSPS) is 18.3. The molecule has 2 rings (SSSR count). The van der Waals surface area contributed by atoms with E-state index in [1.807, 2.05) is 45.9 Å². The zero-order valence-corrected chi connectivity index (χ0v) is 9.74. The number of nitrogens with zero attached hydrogens (tertiary/aromatic N) is 1. The van der Waals surface area contributed by atoms with Crippen molar-refractivity contribution >= 4 is 5.91 Å². The van der Waals surface area contributed by atoms with E-state index in [1.165, 1.54) is 5.01 Å². The first-order chi connectivity index (χ1) is 7.11. The molecule has 0 spiro atoms. The lowest BCUT2D eigenvalue weighted by molar-refractivity contribution is 0.0737. The summed E-state index contributed by atoms with van der Waals surface area (Å²) in [7, 11) is 0. The lowest BCUT2D eigenvalue weighted by atomic mass is 10.0. The fourth-order valence-corrected chi connectivity index (χ4v) is 1.68. The summed E-state index contributed by atoms with van der Waals surface area (Å²) < 4.78 is 0. The van der Waals surface area contributed by atoms with Crippen LogP contribution in [-0.2, 0) is 0 Å². The molecule has 1 unspecified atom stereocenters. The smallest absolute Gasteiger partial charge is 0.268 e. The second-order valence-corrected chi connectivity index (χ2v) is 3.48. The SMILES string of the molecule is CC.Cc1ccc2c(c1)C(=O)N(N)C2C. The van der Waals surface area contributed by atoms with Gasteiger partial charge < -0.3 is 0 Å². The number of hydrazine groups is 1. The zero-order chi connectivity index (χ0) is 11.6. The summed E-state index contributed by atoms with van der Waals surface area (Å²) in [4.78, 5) is 11.6. The van der Waals surface area contributed by atoms with Crippen LogP contribution >= 0.6 is 0 Å². The maximum Gasteiger partial charge on any atom is 0.268 e. The van der Waals surface area contributed by atoms with Crippen LogP contribution in [0.2, 0.25) is 0 Å². The van der Waals surface area contributed by atoms with Crippen molar-refractivity contribution in [1.29, 1.82) is 0 Å². The highest BCUT2D eigenvalue weighted by Crippen LogP contribution is 2.30. The van der Waals surface area contributed by atoms with Gasteiger partial charge in [-0.3, -0.25) is 9.80 Å². The number of nitrogens with two attached hydrogens (primary N) is 1. The maximum absolute atomic E-state index is 11.6. The van der Waals surface area contributed by atoms with Crippen molar-refractivity contribution in [3.8, 4) is 0 Å². The van der Waals surface area contributed by atoms with Crippen LogP contribution in [0, 0.1) is 6.92 Å². The molecule has 0 fully saturated rings. The van der Waals surface area contributed by atoms with Crippen molar-refractivity contribution in [2.45, 2.75) is 33.7 Å². The average Bonchev–Trinajstić information content (AvgIpc) is 2.47. The van der Waals surface area contributed by atoms with Gasteiger partial charge in [0.05, 0.1) is 6.04 Å². The molecule has 1 atom stereocenters. The van der Waals surface area contributed by atoms with Crippen molar-refractivity contribution in [3.63, 3.8) is 0 Å². The Hall–Kier alpha value is -1.35. The minimum Gasteiger partial charge on any atom is -0.269 e. The van der Waals surface area contributed by atoms with Gasteiger partial charge in [0.25, 0.3) is 5.91 Å². The van der Waals surface area contributed by atoms with E-state index < -0.39 is 0 Å². The Morgan fingerprint density at radius 1 is 1.33 bits per heavy atom. The van der Waals surface area contributed by atoms with Crippen molar-refractivity contribution in [2.75, 3.05) is 0 Å². The summed E-state index contributed by atoms with van der Waals surface area (Å²) in [5.41, 5.74) is 2.86. The quantitative estimate of drug-likeness (QED) is 0.523. The van der Waals surface area contributed by atoms with E-state index in [0.717, 1.165) is 16.7 Å².